The van der Waals surface area contributed by atoms with E-state index in [9.17, 15) is 8.42 Å². The predicted octanol–water partition coefficient (Wildman–Crippen LogP) is 2.89. The summed E-state index contributed by atoms with van der Waals surface area (Å²) < 4.78 is 50.4. The molecule has 0 saturated heterocycles. The van der Waals surface area contributed by atoms with Crippen LogP contribution in [0.3, 0.4) is 0 Å². The molecule has 156 valence electrons. The van der Waals surface area contributed by atoms with Crippen molar-refractivity contribution in [1.29, 1.82) is 0 Å². The van der Waals surface area contributed by atoms with Crippen LogP contribution in [0.2, 0.25) is 0 Å². The fraction of sp³-hybridized carbons (Fsp3) is 0.474. The highest BCUT2D eigenvalue weighted by atomic mass is 32.2. The minimum atomic E-state index is -3.74. The van der Waals surface area contributed by atoms with E-state index >= 15 is 0 Å². The number of hydrogen-bond donors (Lipinski definition) is 0. The van der Waals surface area contributed by atoms with E-state index < -0.39 is 10.1 Å². The van der Waals surface area contributed by atoms with E-state index in [1.165, 1.54) is 12.1 Å². The second kappa shape index (κ2) is 12.9. The Kier molecular flexibility index (Phi) is 10.5. The molecule has 7 nitrogen and oxygen atoms in total. The zero-order valence-corrected chi connectivity index (χ0v) is 17.5. The van der Waals surface area contributed by atoms with E-state index in [2.05, 4.69) is 0 Å². The van der Waals surface area contributed by atoms with Gasteiger partial charge < -0.3 is 18.9 Å². The quantitative estimate of drug-likeness (QED) is 0.317. The van der Waals surface area contributed by atoms with Crippen LogP contribution in [0, 0.1) is 6.92 Å². The molecule has 2 rings (SSSR count). The van der Waals surface area contributed by atoms with Gasteiger partial charge in [0.15, 0.2) is 0 Å². The monoisotopic (exact) mass is 430 g/mol. The highest BCUT2D eigenvalue weighted by Gasteiger charge is 2.14. The lowest BCUT2D eigenvalue weighted by Gasteiger charge is -2.08. The molecule has 0 unspecified atom stereocenters. The average Bonchev–Trinajstić information content (AvgIpc) is 3.19. The molecule has 28 heavy (non-hydrogen) atoms. The first-order valence-electron chi connectivity index (χ1n) is 8.92. The van der Waals surface area contributed by atoms with E-state index in [1.807, 2.05) is 23.8 Å². The van der Waals surface area contributed by atoms with Crippen LogP contribution in [0.1, 0.15) is 5.56 Å². The van der Waals surface area contributed by atoms with Gasteiger partial charge in [-0.3, -0.25) is 4.18 Å². The van der Waals surface area contributed by atoms with Crippen molar-refractivity contribution in [3.63, 3.8) is 0 Å². The Morgan fingerprint density at radius 3 is 1.93 bits per heavy atom. The topological polar surface area (TPSA) is 80.3 Å². The summed E-state index contributed by atoms with van der Waals surface area (Å²) in [6, 6.07) is 8.41. The van der Waals surface area contributed by atoms with Crippen LogP contribution in [0.15, 0.2) is 46.0 Å². The summed E-state index contributed by atoms with van der Waals surface area (Å²) in [5, 5.41) is 3.90. The number of hydrogen-bond acceptors (Lipinski definition) is 8. The van der Waals surface area contributed by atoms with Crippen LogP contribution in [0.25, 0.3) is 0 Å². The Morgan fingerprint density at radius 1 is 0.786 bits per heavy atom. The zero-order chi connectivity index (χ0) is 20.1. The molecule has 0 spiro atoms. The first-order valence-corrected chi connectivity index (χ1v) is 11.3. The van der Waals surface area contributed by atoms with Gasteiger partial charge in [-0.15, -0.1) is 11.3 Å². The first kappa shape index (κ1) is 22.8. The van der Waals surface area contributed by atoms with Crippen molar-refractivity contribution in [2.24, 2.45) is 0 Å². The molecule has 0 fully saturated rings. The molecule has 0 radical (unpaired) electrons. The molecule has 0 bridgehead atoms. The molecule has 1 aromatic heterocycles. The molecule has 0 aliphatic carbocycles. The maximum Gasteiger partial charge on any atom is 0.297 e. The lowest BCUT2D eigenvalue weighted by Crippen LogP contribution is -2.15. The predicted molar refractivity (Wildman–Crippen MR) is 107 cm³/mol. The number of rotatable bonds is 15. The van der Waals surface area contributed by atoms with Gasteiger partial charge in [-0.1, -0.05) is 17.7 Å². The molecule has 0 aliphatic heterocycles. The molecule has 2 aromatic rings. The highest BCUT2D eigenvalue weighted by Crippen LogP contribution is 2.14. The molecule has 1 heterocycles. The van der Waals surface area contributed by atoms with Gasteiger partial charge in [0.25, 0.3) is 10.1 Å². The Morgan fingerprint density at radius 2 is 1.36 bits per heavy atom. The molecule has 0 N–H and O–H groups in total. The Bertz CT molecular complexity index is 743. The van der Waals surface area contributed by atoms with Crippen molar-refractivity contribution in [3.8, 4) is 5.75 Å². The molecule has 0 atom stereocenters. The lowest BCUT2D eigenvalue weighted by atomic mass is 10.2. The van der Waals surface area contributed by atoms with Gasteiger partial charge in [-0.05, 0) is 30.5 Å². The SMILES string of the molecule is Cc1ccc(S(=O)(=O)OCCOCCOCCOCCOc2ccsc2)cc1. The van der Waals surface area contributed by atoms with E-state index in [1.54, 1.807) is 23.5 Å². The van der Waals surface area contributed by atoms with Gasteiger partial charge in [0.1, 0.15) is 12.4 Å². The van der Waals surface area contributed by atoms with E-state index in [-0.39, 0.29) is 18.1 Å². The summed E-state index contributed by atoms with van der Waals surface area (Å²) in [4.78, 5) is 0.141. The maximum absolute atomic E-state index is 12.0. The minimum absolute atomic E-state index is 0.0382. The first-order chi connectivity index (χ1) is 13.6. The zero-order valence-electron chi connectivity index (χ0n) is 15.9. The van der Waals surface area contributed by atoms with Crippen molar-refractivity contribution in [3.05, 3.63) is 46.7 Å². The number of ether oxygens (including phenoxy) is 4. The fourth-order valence-corrected chi connectivity index (χ4v) is 3.54. The molecular weight excluding hydrogens is 404 g/mol. The standard InChI is InChI=1S/C19H26O7S2/c1-17-2-4-19(5-3-17)28(20,21)26-14-12-24-10-8-22-7-9-23-11-13-25-18-6-15-27-16-18/h2-6,15-16H,7-14H2,1H3. The Balaban J connectivity index is 1.39. The van der Waals surface area contributed by atoms with Crippen LogP contribution < -0.4 is 4.74 Å². The van der Waals surface area contributed by atoms with Crippen LogP contribution in [-0.4, -0.2) is 61.3 Å². The smallest absolute Gasteiger partial charge is 0.297 e. The average molecular weight is 431 g/mol. The van der Waals surface area contributed by atoms with Gasteiger partial charge in [-0.25, -0.2) is 0 Å². The van der Waals surface area contributed by atoms with Crippen molar-refractivity contribution in [1.82, 2.24) is 0 Å². The van der Waals surface area contributed by atoms with Crippen molar-refractivity contribution >= 4 is 21.5 Å². The summed E-state index contributed by atoms with van der Waals surface area (Å²) in [6.07, 6.45) is 0. The van der Waals surface area contributed by atoms with Crippen LogP contribution in [0.5, 0.6) is 5.75 Å². The number of thiophene rings is 1. The van der Waals surface area contributed by atoms with E-state index in [4.69, 9.17) is 23.1 Å². The van der Waals surface area contributed by atoms with Crippen molar-refractivity contribution in [2.45, 2.75) is 11.8 Å². The minimum Gasteiger partial charge on any atom is -0.490 e. The fourth-order valence-electron chi connectivity index (χ4n) is 2.07. The van der Waals surface area contributed by atoms with Gasteiger partial charge in [-0.2, -0.15) is 8.42 Å². The molecule has 0 aliphatic rings. The third-order valence-corrected chi connectivity index (χ3v) is 5.50. The van der Waals surface area contributed by atoms with Crippen LogP contribution in [-0.2, 0) is 28.5 Å². The summed E-state index contributed by atoms with van der Waals surface area (Å²) in [7, 11) is -3.74. The Labute approximate surface area is 170 Å². The molecule has 9 heteroatoms. The number of aryl methyl sites for hydroxylation is 1. The van der Waals surface area contributed by atoms with E-state index in [0.29, 0.717) is 39.6 Å². The van der Waals surface area contributed by atoms with Gasteiger partial charge in [0.2, 0.25) is 0 Å². The molecule has 1 aromatic carbocycles. The summed E-state index contributed by atoms with van der Waals surface area (Å²) in [5.41, 5.74) is 0.986. The summed E-state index contributed by atoms with van der Waals surface area (Å²) in [6.45, 7) is 4.72. The van der Waals surface area contributed by atoms with Gasteiger partial charge in [0.05, 0.1) is 51.1 Å². The second-order valence-corrected chi connectivity index (χ2v) is 8.13. The lowest BCUT2D eigenvalue weighted by molar-refractivity contribution is 0.00530. The molecule has 0 saturated carbocycles. The summed E-state index contributed by atoms with van der Waals surface area (Å²) >= 11 is 1.59. The number of benzene rings is 1. The maximum atomic E-state index is 12.0. The largest absolute Gasteiger partial charge is 0.490 e. The van der Waals surface area contributed by atoms with Gasteiger partial charge in [0, 0.05) is 5.38 Å². The molecule has 0 amide bonds. The third kappa shape index (κ3) is 9.13. The third-order valence-electron chi connectivity index (χ3n) is 3.51. The molecular formula is C19H26O7S2. The van der Waals surface area contributed by atoms with Gasteiger partial charge >= 0.3 is 0 Å². The summed E-state index contributed by atoms with van der Waals surface area (Å²) in [5.74, 6) is 0.859. The van der Waals surface area contributed by atoms with Crippen LogP contribution >= 0.6 is 11.3 Å². The normalized spacial score (nSPS) is 11.6. The highest BCUT2D eigenvalue weighted by molar-refractivity contribution is 7.86. The van der Waals surface area contributed by atoms with E-state index in [0.717, 1.165) is 11.3 Å². The van der Waals surface area contributed by atoms with Crippen molar-refractivity contribution in [2.75, 3.05) is 52.9 Å². The van der Waals surface area contributed by atoms with Crippen molar-refractivity contribution < 1.29 is 31.5 Å². The second-order valence-electron chi connectivity index (χ2n) is 5.73. The van der Waals surface area contributed by atoms with Crippen LogP contribution in [0.4, 0.5) is 0 Å². The Hall–Kier alpha value is -1.49.